The summed E-state index contributed by atoms with van der Waals surface area (Å²) in [5.74, 6) is 1.73. The van der Waals surface area contributed by atoms with Gasteiger partial charge in [0.1, 0.15) is 12.4 Å². The maximum Gasteiger partial charge on any atom is 0.254 e. The van der Waals surface area contributed by atoms with Crippen LogP contribution in [-0.4, -0.2) is 47.0 Å². The van der Waals surface area contributed by atoms with Crippen LogP contribution in [-0.2, 0) is 13.2 Å². The molecule has 150 valence electrons. The van der Waals surface area contributed by atoms with E-state index < -0.39 is 0 Å². The second kappa shape index (κ2) is 8.92. The Morgan fingerprint density at radius 1 is 1.03 bits per heavy atom. The third-order valence-corrected chi connectivity index (χ3v) is 5.10. The van der Waals surface area contributed by atoms with Gasteiger partial charge in [-0.1, -0.05) is 41.6 Å². The van der Waals surface area contributed by atoms with Crippen LogP contribution in [0.2, 0.25) is 0 Å². The van der Waals surface area contributed by atoms with Crippen LogP contribution >= 0.6 is 0 Å². The van der Waals surface area contributed by atoms with Crippen molar-refractivity contribution in [2.24, 2.45) is 0 Å². The normalized spacial score (nSPS) is 14.7. The molecule has 0 bridgehead atoms. The number of ether oxygens (including phenoxy) is 1. The lowest BCUT2D eigenvalue weighted by atomic mass is 10.1. The van der Waals surface area contributed by atoms with Crippen molar-refractivity contribution in [1.29, 1.82) is 0 Å². The van der Waals surface area contributed by atoms with Crippen molar-refractivity contribution >= 4 is 5.91 Å². The summed E-state index contributed by atoms with van der Waals surface area (Å²) >= 11 is 0. The van der Waals surface area contributed by atoms with Gasteiger partial charge in [-0.15, -0.1) is 0 Å². The van der Waals surface area contributed by atoms with Crippen LogP contribution in [0.25, 0.3) is 0 Å². The van der Waals surface area contributed by atoms with E-state index in [1.165, 1.54) is 0 Å². The van der Waals surface area contributed by atoms with Gasteiger partial charge in [0.05, 0.1) is 12.2 Å². The average molecular weight is 391 g/mol. The van der Waals surface area contributed by atoms with Gasteiger partial charge in [-0.2, -0.15) is 0 Å². The Morgan fingerprint density at radius 3 is 2.48 bits per heavy atom. The van der Waals surface area contributed by atoms with Crippen molar-refractivity contribution < 1.29 is 14.1 Å². The van der Waals surface area contributed by atoms with Crippen molar-refractivity contribution in [2.45, 2.75) is 20.1 Å². The molecule has 4 rings (SSSR count). The van der Waals surface area contributed by atoms with Crippen LogP contribution in [0, 0.1) is 6.92 Å². The minimum atomic E-state index is 0.0624. The molecule has 0 aliphatic carbocycles. The minimum absolute atomic E-state index is 0.0624. The number of rotatable bonds is 6. The van der Waals surface area contributed by atoms with E-state index >= 15 is 0 Å². The molecule has 1 amide bonds. The lowest BCUT2D eigenvalue weighted by molar-refractivity contribution is 0.0615. The Labute approximate surface area is 170 Å². The van der Waals surface area contributed by atoms with Crippen LogP contribution in [0.3, 0.4) is 0 Å². The quantitative estimate of drug-likeness (QED) is 0.643. The number of carbonyl (C=O) groups is 1. The molecular formula is C23H25N3O3. The van der Waals surface area contributed by atoms with Gasteiger partial charge in [-0.05, 0) is 25.1 Å². The fourth-order valence-electron chi connectivity index (χ4n) is 3.52. The number of piperazine rings is 1. The van der Waals surface area contributed by atoms with E-state index in [0.717, 1.165) is 42.4 Å². The highest BCUT2D eigenvalue weighted by Crippen LogP contribution is 2.18. The number of benzene rings is 2. The summed E-state index contributed by atoms with van der Waals surface area (Å²) in [6, 6.07) is 19.3. The fourth-order valence-corrected chi connectivity index (χ4v) is 3.52. The van der Waals surface area contributed by atoms with E-state index in [2.05, 4.69) is 10.1 Å². The van der Waals surface area contributed by atoms with Gasteiger partial charge >= 0.3 is 0 Å². The highest BCUT2D eigenvalue weighted by molar-refractivity contribution is 5.95. The van der Waals surface area contributed by atoms with Gasteiger partial charge in [0, 0.05) is 43.4 Å². The lowest BCUT2D eigenvalue weighted by Gasteiger charge is -2.34. The Hall–Kier alpha value is -3.12. The molecule has 2 aromatic carbocycles. The molecule has 0 unspecified atom stereocenters. The van der Waals surface area contributed by atoms with E-state index in [4.69, 9.17) is 9.26 Å². The molecule has 0 atom stereocenters. The summed E-state index contributed by atoms with van der Waals surface area (Å²) in [7, 11) is 0. The van der Waals surface area contributed by atoms with Crippen LogP contribution in [0.4, 0.5) is 0 Å². The summed E-state index contributed by atoms with van der Waals surface area (Å²) in [4.78, 5) is 17.3. The summed E-state index contributed by atoms with van der Waals surface area (Å²) in [5.41, 5.74) is 2.51. The molecule has 0 N–H and O–H groups in total. The molecule has 1 fully saturated rings. The molecule has 3 aromatic rings. The van der Waals surface area contributed by atoms with Gasteiger partial charge in [-0.25, -0.2) is 0 Å². The Balaban J connectivity index is 1.36. The summed E-state index contributed by atoms with van der Waals surface area (Å²) in [6.45, 7) is 6.03. The molecule has 0 saturated carbocycles. The highest BCUT2D eigenvalue weighted by atomic mass is 16.5. The number of carbonyl (C=O) groups excluding carboxylic acids is 1. The third-order valence-electron chi connectivity index (χ3n) is 5.10. The molecule has 6 heteroatoms. The first-order chi connectivity index (χ1) is 14.2. The first kappa shape index (κ1) is 19.2. The molecule has 2 heterocycles. The highest BCUT2D eigenvalue weighted by Gasteiger charge is 2.24. The smallest absolute Gasteiger partial charge is 0.254 e. The second-order valence-corrected chi connectivity index (χ2v) is 7.26. The Morgan fingerprint density at radius 2 is 1.76 bits per heavy atom. The van der Waals surface area contributed by atoms with Crippen molar-refractivity contribution in [3.63, 3.8) is 0 Å². The maximum atomic E-state index is 13.1. The summed E-state index contributed by atoms with van der Waals surface area (Å²) in [6.07, 6.45) is 0. The van der Waals surface area contributed by atoms with Crippen molar-refractivity contribution in [1.82, 2.24) is 15.0 Å². The standard InChI is InChI=1S/C23H25N3O3/c1-18-15-21(29-24-18)16-25-11-13-26(14-12-25)23(27)22-10-6-5-7-19(22)17-28-20-8-3-2-4-9-20/h2-10,15H,11-14,16-17H2,1H3. The molecular weight excluding hydrogens is 366 g/mol. The number of hydrogen-bond donors (Lipinski definition) is 0. The van der Waals surface area contributed by atoms with E-state index in [9.17, 15) is 4.79 Å². The molecule has 29 heavy (non-hydrogen) atoms. The van der Waals surface area contributed by atoms with Gasteiger partial charge in [0.25, 0.3) is 5.91 Å². The van der Waals surface area contributed by atoms with E-state index in [1.54, 1.807) is 0 Å². The Kier molecular flexibility index (Phi) is 5.91. The second-order valence-electron chi connectivity index (χ2n) is 7.26. The number of nitrogens with zero attached hydrogens (tertiary/aromatic N) is 3. The predicted octanol–water partition coefficient (Wildman–Crippen LogP) is 3.52. The average Bonchev–Trinajstić information content (AvgIpc) is 3.18. The number of amides is 1. The van der Waals surface area contributed by atoms with Gasteiger partial charge in [0.15, 0.2) is 5.76 Å². The zero-order chi connectivity index (χ0) is 20.1. The largest absolute Gasteiger partial charge is 0.489 e. The van der Waals surface area contributed by atoms with Crippen LogP contribution in [0.15, 0.2) is 65.2 Å². The van der Waals surface area contributed by atoms with Crippen molar-refractivity contribution in [3.05, 3.63) is 83.2 Å². The SMILES string of the molecule is Cc1cc(CN2CCN(C(=O)c3ccccc3COc3ccccc3)CC2)on1. The summed E-state index contributed by atoms with van der Waals surface area (Å²) < 4.78 is 11.2. The van der Waals surface area contributed by atoms with Crippen LogP contribution in [0.1, 0.15) is 27.4 Å². The van der Waals surface area contributed by atoms with Crippen LogP contribution in [0.5, 0.6) is 5.75 Å². The number of para-hydroxylation sites is 1. The van der Waals surface area contributed by atoms with Gasteiger partial charge in [-0.3, -0.25) is 9.69 Å². The van der Waals surface area contributed by atoms with Crippen molar-refractivity contribution in [2.75, 3.05) is 26.2 Å². The molecule has 1 aromatic heterocycles. The predicted molar refractivity (Wildman–Crippen MR) is 110 cm³/mol. The molecule has 6 nitrogen and oxygen atoms in total. The minimum Gasteiger partial charge on any atom is -0.489 e. The first-order valence-corrected chi connectivity index (χ1v) is 9.88. The summed E-state index contributed by atoms with van der Waals surface area (Å²) in [5, 5.41) is 3.94. The monoisotopic (exact) mass is 391 g/mol. The van der Waals surface area contributed by atoms with Crippen LogP contribution < -0.4 is 4.74 Å². The zero-order valence-electron chi connectivity index (χ0n) is 16.6. The molecule has 0 radical (unpaired) electrons. The van der Waals surface area contributed by atoms with Crippen molar-refractivity contribution in [3.8, 4) is 5.75 Å². The molecule has 0 spiro atoms. The lowest BCUT2D eigenvalue weighted by Crippen LogP contribution is -2.48. The number of hydrogen-bond acceptors (Lipinski definition) is 5. The van der Waals surface area contributed by atoms with Gasteiger partial charge < -0.3 is 14.2 Å². The molecule has 1 saturated heterocycles. The topological polar surface area (TPSA) is 58.8 Å². The maximum absolute atomic E-state index is 13.1. The Bertz CT molecular complexity index is 947. The third kappa shape index (κ3) is 4.84. The number of aromatic nitrogens is 1. The van der Waals surface area contributed by atoms with E-state index in [1.807, 2.05) is 72.5 Å². The van der Waals surface area contributed by atoms with E-state index in [-0.39, 0.29) is 5.91 Å². The fraction of sp³-hybridized carbons (Fsp3) is 0.304. The number of aryl methyl sites for hydroxylation is 1. The molecule has 1 aliphatic rings. The zero-order valence-corrected chi connectivity index (χ0v) is 16.6. The molecule has 1 aliphatic heterocycles. The first-order valence-electron chi connectivity index (χ1n) is 9.88. The van der Waals surface area contributed by atoms with Gasteiger partial charge in [0.2, 0.25) is 0 Å². The van der Waals surface area contributed by atoms with E-state index in [0.29, 0.717) is 25.3 Å².